The van der Waals surface area contributed by atoms with Crippen LogP contribution in [0.15, 0.2) is 36.4 Å². The van der Waals surface area contributed by atoms with Crippen molar-refractivity contribution in [3.8, 4) is 11.5 Å². The number of aryl methyl sites for hydroxylation is 2. The number of ether oxygens (including phenoxy) is 2. The van der Waals surface area contributed by atoms with Crippen molar-refractivity contribution in [2.75, 3.05) is 19.5 Å². The minimum atomic E-state index is -0.223. The van der Waals surface area contributed by atoms with Crippen molar-refractivity contribution in [2.45, 2.75) is 13.8 Å². The van der Waals surface area contributed by atoms with Crippen LogP contribution in [-0.4, -0.2) is 20.1 Å². The van der Waals surface area contributed by atoms with E-state index in [1.54, 1.807) is 25.3 Å². The summed E-state index contributed by atoms with van der Waals surface area (Å²) in [6, 6.07) is 11.2. The Morgan fingerprint density at radius 3 is 2.48 bits per heavy atom. The average Bonchev–Trinajstić information content (AvgIpc) is 2.49. The maximum Gasteiger partial charge on any atom is 0.259 e. The molecule has 0 heterocycles. The molecule has 0 saturated carbocycles. The van der Waals surface area contributed by atoms with Crippen LogP contribution in [0.25, 0.3) is 0 Å². The van der Waals surface area contributed by atoms with Gasteiger partial charge >= 0.3 is 0 Å². The highest BCUT2D eigenvalue weighted by molar-refractivity contribution is 6.07. The van der Waals surface area contributed by atoms with E-state index in [-0.39, 0.29) is 5.91 Å². The van der Waals surface area contributed by atoms with Crippen LogP contribution < -0.4 is 14.8 Å². The molecule has 0 saturated heterocycles. The molecule has 0 aliphatic rings. The second kappa shape index (κ2) is 6.31. The summed E-state index contributed by atoms with van der Waals surface area (Å²) in [5.41, 5.74) is 3.34. The third-order valence-corrected chi connectivity index (χ3v) is 3.29. The van der Waals surface area contributed by atoms with Crippen molar-refractivity contribution < 1.29 is 14.3 Å². The first-order valence-electron chi connectivity index (χ1n) is 6.66. The van der Waals surface area contributed by atoms with Crippen LogP contribution in [-0.2, 0) is 0 Å². The largest absolute Gasteiger partial charge is 0.493 e. The molecule has 0 radical (unpaired) electrons. The number of anilines is 1. The predicted octanol–water partition coefficient (Wildman–Crippen LogP) is 3.57. The first kappa shape index (κ1) is 14.9. The highest BCUT2D eigenvalue weighted by atomic mass is 16.5. The number of benzene rings is 2. The summed E-state index contributed by atoms with van der Waals surface area (Å²) in [6.07, 6.45) is 0. The van der Waals surface area contributed by atoms with Gasteiger partial charge < -0.3 is 14.8 Å². The maximum atomic E-state index is 12.5. The number of rotatable bonds is 4. The summed E-state index contributed by atoms with van der Waals surface area (Å²) >= 11 is 0. The molecule has 0 unspecified atom stereocenters. The number of amides is 1. The standard InChI is InChI=1S/C17H19NO3/c1-11-8-9-12(2)14(10-11)18-17(19)13-6-5-7-15(20-3)16(13)21-4/h5-10H,1-4H3,(H,18,19). The van der Waals surface area contributed by atoms with Gasteiger partial charge in [0, 0.05) is 5.69 Å². The van der Waals surface area contributed by atoms with E-state index in [2.05, 4.69) is 5.32 Å². The number of carbonyl (C=O) groups is 1. The molecule has 110 valence electrons. The van der Waals surface area contributed by atoms with Gasteiger partial charge in [-0.25, -0.2) is 0 Å². The van der Waals surface area contributed by atoms with Gasteiger partial charge in [-0.05, 0) is 43.2 Å². The van der Waals surface area contributed by atoms with E-state index in [0.29, 0.717) is 17.1 Å². The van der Waals surface area contributed by atoms with Gasteiger partial charge in [0.2, 0.25) is 0 Å². The maximum absolute atomic E-state index is 12.5. The Labute approximate surface area is 124 Å². The van der Waals surface area contributed by atoms with Gasteiger partial charge in [0.15, 0.2) is 11.5 Å². The molecule has 0 bridgehead atoms. The Morgan fingerprint density at radius 2 is 1.81 bits per heavy atom. The molecule has 2 aromatic carbocycles. The molecule has 1 amide bonds. The summed E-state index contributed by atoms with van der Waals surface area (Å²) in [4.78, 5) is 12.5. The Hall–Kier alpha value is -2.49. The summed E-state index contributed by atoms with van der Waals surface area (Å²) in [6.45, 7) is 3.94. The average molecular weight is 285 g/mol. The number of hydrogen-bond acceptors (Lipinski definition) is 3. The summed E-state index contributed by atoms with van der Waals surface area (Å²) < 4.78 is 10.5. The fourth-order valence-corrected chi connectivity index (χ4v) is 2.13. The molecule has 0 fully saturated rings. The van der Waals surface area contributed by atoms with Gasteiger partial charge in [-0.1, -0.05) is 18.2 Å². The van der Waals surface area contributed by atoms with E-state index in [0.717, 1.165) is 16.8 Å². The minimum absolute atomic E-state index is 0.223. The van der Waals surface area contributed by atoms with Gasteiger partial charge in [0.05, 0.1) is 19.8 Å². The third-order valence-electron chi connectivity index (χ3n) is 3.29. The smallest absolute Gasteiger partial charge is 0.259 e. The number of methoxy groups -OCH3 is 2. The molecule has 0 spiro atoms. The molecule has 21 heavy (non-hydrogen) atoms. The van der Waals surface area contributed by atoms with E-state index >= 15 is 0 Å². The minimum Gasteiger partial charge on any atom is -0.493 e. The first-order chi connectivity index (χ1) is 10.1. The fraction of sp³-hybridized carbons (Fsp3) is 0.235. The lowest BCUT2D eigenvalue weighted by molar-refractivity contribution is 0.102. The molecule has 2 rings (SSSR count). The number of carbonyl (C=O) groups excluding carboxylic acids is 1. The van der Waals surface area contributed by atoms with Gasteiger partial charge in [-0.2, -0.15) is 0 Å². The highest BCUT2D eigenvalue weighted by Crippen LogP contribution is 2.31. The summed E-state index contributed by atoms with van der Waals surface area (Å²) in [5, 5.41) is 2.92. The molecular weight excluding hydrogens is 266 g/mol. The highest BCUT2D eigenvalue weighted by Gasteiger charge is 2.17. The predicted molar refractivity (Wildman–Crippen MR) is 83.4 cm³/mol. The van der Waals surface area contributed by atoms with Crippen LogP contribution in [0.4, 0.5) is 5.69 Å². The summed E-state index contributed by atoms with van der Waals surface area (Å²) in [7, 11) is 3.07. The lowest BCUT2D eigenvalue weighted by Gasteiger charge is -2.14. The number of nitrogens with one attached hydrogen (secondary N) is 1. The van der Waals surface area contributed by atoms with Gasteiger partial charge in [-0.15, -0.1) is 0 Å². The molecule has 1 N–H and O–H groups in total. The first-order valence-corrected chi connectivity index (χ1v) is 6.66. The normalized spacial score (nSPS) is 10.1. The molecule has 0 aromatic heterocycles. The fourth-order valence-electron chi connectivity index (χ4n) is 2.13. The number of hydrogen-bond donors (Lipinski definition) is 1. The van der Waals surface area contributed by atoms with Crippen molar-refractivity contribution in [3.63, 3.8) is 0 Å². The van der Waals surface area contributed by atoms with Crippen LogP contribution >= 0.6 is 0 Å². The Kier molecular flexibility index (Phi) is 4.48. The van der Waals surface area contributed by atoms with Crippen molar-refractivity contribution in [3.05, 3.63) is 53.1 Å². The lowest BCUT2D eigenvalue weighted by Crippen LogP contribution is -2.14. The van der Waals surface area contributed by atoms with Gasteiger partial charge in [0.25, 0.3) is 5.91 Å². The Morgan fingerprint density at radius 1 is 1.05 bits per heavy atom. The van der Waals surface area contributed by atoms with E-state index in [4.69, 9.17) is 9.47 Å². The SMILES string of the molecule is COc1cccc(C(=O)Nc2cc(C)ccc2C)c1OC. The molecule has 2 aromatic rings. The lowest BCUT2D eigenvalue weighted by atomic mass is 10.1. The van der Waals surface area contributed by atoms with E-state index < -0.39 is 0 Å². The molecule has 0 atom stereocenters. The van der Waals surface area contributed by atoms with Crippen LogP contribution in [0.5, 0.6) is 11.5 Å². The second-order valence-electron chi connectivity index (χ2n) is 4.81. The second-order valence-corrected chi connectivity index (χ2v) is 4.81. The molecule has 0 aliphatic carbocycles. The van der Waals surface area contributed by atoms with Crippen LogP contribution in [0.2, 0.25) is 0 Å². The molecular formula is C17H19NO3. The third kappa shape index (κ3) is 3.16. The van der Waals surface area contributed by atoms with Crippen LogP contribution in [0.1, 0.15) is 21.5 Å². The van der Waals surface area contributed by atoms with E-state index in [1.807, 2.05) is 32.0 Å². The quantitative estimate of drug-likeness (QED) is 0.934. The Bertz CT molecular complexity index is 665. The van der Waals surface area contributed by atoms with Crippen molar-refractivity contribution in [1.29, 1.82) is 0 Å². The monoisotopic (exact) mass is 285 g/mol. The molecule has 0 aliphatic heterocycles. The Balaban J connectivity index is 2.35. The molecule has 4 nitrogen and oxygen atoms in total. The van der Waals surface area contributed by atoms with Crippen molar-refractivity contribution in [1.82, 2.24) is 0 Å². The van der Waals surface area contributed by atoms with Gasteiger partial charge in [0.1, 0.15) is 0 Å². The van der Waals surface area contributed by atoms with Crippen LogP contribution in [0.3, 0.4) is 0 Å². The summed E-state index contributed by atoms with van der Waals surface area (Å²) in [5.74, 6) is 0.744. The van der Waals surface area contributed by atoms with Gasteiger partial charge in [-0.3, -0.25) is 4.79 Å². The zero-order chi connectivity index (χ0) is 15.4. The van der Waals surface area contributed by atoms with E-state index in [9.17, 15) is 4.79 Å². The topological polar surface area (TPSA) is 47.6 Å². The number of para-hydroxylation sites is 1. The zero-order valence-electron chi connectivity index (χ0n) is 12.7. The van der Waals surface area contributed by atoms with Crippen molar-refractivity contribution in [2.24, 2.45) is 0 Å². The molecule has 4 heteroatoms. The van der Waals surface area contributed by atoms with Crippen molar-refractivity contribution >= 4 is 11.6 Å². The van der Waals surface area contributed by atoms with Crippen LogP contribution in [0, 0.1) is 13.8 Å². The van der Waals surface area contributed by atoms with E-state index in [1.165, 1.54) is 7.11 Å². The zero-order valence-corrected chi connectivity index (χ0v) is 12.7.